The fourth-order valence-electron chi connectivity index (χ4n) is 3.18. The number of nitrogens with one attached hydrogen (secondary N) is 1. The molecule has 0 spiro atoms. The molecule has 3 aromatic carbocycles. The molecule has 35 heavy (non-hydrogen) atoms. The van der Waals surface area contributed by atoms with Gasteiger partial charge in [0.2, 0.25) is 0 Å². The van der Waals surface area contributed by atoms with Gasteiger partial charge in [0.25, 0.3) is 0 Å². The van der Waals surface area contributed by atoms with Gasteiger partial charge in [-0.2, -0.15) is 13.2 Å². The Hall–Kier alpha value is -3.46. The quantitative estimate of drug-likeness (QED) is 0.342. The summed E-state index contributed by atoms with van der Waals surface area (Å²) in [5.74, 6) is -1.25. The van der Waals surface area contributed by atoms with Crippen LogP contribution in [0.5, 0.6) is 11.5 Å². The van der Waals surface area contributed by atoms with Crippen LogP contribution in [0.25, 0.3) is 0 Å². The van der Waals surface area contributed by atoms with Gasteiger partial charge in [-0.15, -0.1) is 0 Å². The normalized spacial score (nSPS) is 12.0. The minimum absolute atomic E-state index is 0.279. The maximum Gasteiger partial charge on any atom is 0.471 e. The largest absolute Gasteiger partial charge is 0.471 e. The predicted molar refractivity (Wildman–Crippen MR) is 127 cm³/mol. The number of carbonyl (C=O) groups excluding carboxylic acids is 2. The van der Waals surface area contributed by atoms with Crippen LogP contribution in [-0.4, -0.2) is 30.7 Å². The third-order valence-corrected chi connectivity index (χ3v) is 5.72. The smallest absolute Gasteiger partial charge is 0.462 e. The number of amides is 1. The van der Waals surface area contributed by atoms with E-state index < -0.39 is 24.1 Å². The zero-order chi connectivity index (χ0) is 25.4. The lowest BCUT2D eigenvalue weighted by atomic mass is 10.1. The molecule has 1 amide bonds. The Morgan fingerprint density at radius 1 is 0.943 bits per heavy atom. The molecular weight excluding hydrogens is 479 g/mol. The second-order valence-electron chi connectivity index (χ2n) is 7.65. The lowest BCUT2D eigenvalue weighted by Crippen LogP contribution is -2.42. The van der Waals surface area contributed by atoms with E-state index in [-0.39, 0.29) is 13.0 Å². The zero-order valence-electron chi connectivity index (χ0n) is 19.1. The van der Waals surface area contributed by atoms with Crippen molar-refractivity contribution in [3.8, 4) is 11.5 Å². The molecule has 0 saturated heterocycles. The van der Waals surface area contributed by atoms with Crippen LogP contribution in [0.4, 0.5) is 13.2 Å². The summed E-state index contributed by atoms with van der Waals surface area (Å²) in [5, 5.41) is 1.96. The highest BCUT2D eigenvalue weighted by Crippen LogP contribution is 2.32. The van der Waals surface area contributed by atoms with Crippen molar-refractivity contribution in [2.75, 3.05) is 6.61 Å². The van der Waals surface area contributed by atoms with Gasteiger partial charge in [0.1, 0.15) is 11.5 Å². The third kappa shape index (κ3) is 8.06. The van der Waals surface area contributed by atoms with E-state index in [9.17, 15) is 22.8 Å². The Labute approximate surface area is 205 Å². The first-order chi connectivity index (χ1) is 16.6. The fraction of sp³-hybridized carbons (Fsp3) is 0.231. The highest BCUT2D eigenvalue weighted by atomic mass is 32.2. The van der Waals surface area contributed by atoms with Crippen LogP contribution < -0.4 is 10.1 Å². The molecule has 0 aromatic heterocycles. The number of halogens is 3. The van der Waals surface area contributed by atoms with Crippen molar-refractivity contribution in [2.45, 2.75) is 42.3 Å². The van der Waals surface area contributed by atoms with Crippen LogP contribution in [0.15, 0.2) is 82.6 Å². The zero-order valence-corrected chi connectivity index (χ0v) is 19.9. The van der Waals surface area contributed by atoms with E-state index in [0.717, 1.165) is 15.4 Å². The number of alkyl halides is 3. The highest BCUT2D eigenvalue weighted by molar-refractivity contribution is 7.99. The minimum atomic E-state index is -4.89. The number of hydrogen-bond donors (Lipinski definition) is 1. The number of benzene rings is 3. The van der Waals surface area contributed by atoms with Crippen molar-refractivity contribution in [1.29, 1.82) is 0 Å². The first-order valence-electron chi connectivity index (χ1n) is 10.8. The van der Waals surface area contributed by atoms with E-state index in [2.05, 4.69) is 0 Å². The van der Waals surface area contributed by atoms with Crippen LogP contribution in [0, 0.1) is 0 Å². The van der Waals surface area contributed by atoms with E-state index in [0.29, 0.717) is 17.1 Å². The summed E-state index contributed by atoms with van der Waals surface area (Å²) in [7, 11) is 0. The van der Waals surface area contributed by atoms with E-state index >= 15 is 0 Å². The summed E-state index contributed by atoms with van der Waals surface area (Å²) in [5.41, 5.74) is 1.21. The van der Waals surface area contributed by atoms with Gasteiger partial charge in [0, 0.05) is 15.8 Å². The molecule has 0 aliphatic heterocycles. The SMILES string of the molecule is CCOC(=O)c1cccc(Oc2cccc(Sc3ccc(C[C@@H](C)NC(=O)C(F)(F)F)cc3)c2)c1. The molecule has 1 atom stereocenters. The van der Waals surface area contributed by atoms with E-state index in [1.54, 1.807) is 37.3 Å². The Morgan fingerprint density at radius 2 is 1.60 bits per heavy atom. The van der Waals surface area contributed by atoms with Gasteiger partial charge in [-0.05, 0) is 74.4 Å². The van der Waals surface area contributed by atoms with E-state index in [1.165, 1.54) is 18.7 Å². The predicted octanol–water partition coefficient (Wildman–Crippen LogP) is 6.42. The third-order valence-electron chi connectivity index (χ3n) is 4.72. The van der Waals surface area contributed by atoms with Gasteiger partial charge >= 0.3 is 18.1 Å². The number of ether oxygens (including phenoxy) is 2. The molecule has 9 heteroatoms. The first kappa shape index (κ1) is 26.2. The standard InChI is InChI=1S/C26H24F3NO4S/c1-3-33-24(31)19-6-4-7-20(15-19)34-21-8-5-9-23(16-21)35-22-12-10-18(11-13-22)14-17(2)30-25(32)26(27,28)29/h4-13,15-17H,3,14H2,1-2H3,(H,30,32)/t17-/m1/s1. The Morgan fingerprint density at radius 3 is 2.26 bits per heavy atom. The number of rotatable bonds is 9. The monoisotopic (exact) mass is 503 g/mol. The van der Waals surface area contributed by atoms with Crippen LogP contribution in [0.1, 0.15) is 29.8 Å². The summed E-state index contributed by atoms with van der Waals surface area (Å²) in [6, 6.07) is 20.9. The number of carbonyl (C=O) groups is 2. The van der Waals surface area contributed by atoms with Gasteiger partial charge in [-0.1, -0.05) is 36.0 Å². The lowest BCUT2D eigenvalue weighted by molar-refractivity contribution is -0.174. The summed E-state index contributed by atoms with van der Waals surface area (Å²) in [6.45, 7) is 3.56. The van der Waals surface area contributed by atoms with Crippen LogP contribution in [0.2, 0.25) is 0 Å². The van der Waals surface area contributed by atoms with Crippen molar-refractivity contribution < 1.29 is 32.2 Å². The highest BCUT2D eigenvalue weighted by Gasteiger charge is 2.39. The van der Waals surface area contributed by atoms with Crippen LogP contribution >= 0.6 is 11.8 Å². The van der Waals surface area contributed by atoms with Gasteiger partial charge in [-0.25, -0.2) is 4.79 Å². The summed E-state index contributed by atoms with van der Waals surface area (Å²) < 4.78 is 48.1. The average molecular weight is 504 g/mol. The Bertz CT molecular complexity index is 1170. The van der Waals surface area contributed by atoms with Crippen molar-refractivity contribution in [2.24, 2.45) is 0 Å². The fourth-order valence-corrected chi connectivity index (χ4v) is 4.04. The summed E-state index contributed by atoms with van der Waals surface area (Å²) in [4.78, 5) is 24.9. The molecule has 3 rings (SSSR count). The molecule has 0 radical (unpaired) electrons. The second-order valence-corrected chi connectivity index (χ2v) is 8.79. The topological polar surface area (TPSA) is 64.6 Å². The molecule has 5 nitrogen and oxygen atoms in total. The van der Waals surface area contributed by atoms with Gasteiger partial charge in [0.05, 0.1) is 12.2 Å². The molecule has 3 aromatic rings. The molecule has 184 valence electrons. The van der Waals surface area contributed by atoms with Gasteiger partial charge in [-0.3, -0.25) is 4.79 Å². The Balaban J connectivity index is 1.60. The molecule has 0 fully saturated rings. The maximum absolute atomic E-state index is 12.4. The molecule has 0 aliphatic rings. The first-order valence-corrected chi connectivity index (χ1v) is 11.7. The van der Waals surface area contributed by atoms with Crippen LogP contribution in [-0.2, 0) is 16.0 Å². The summed E-state index contributed by atoms with van der Waals surface area (Å²) in [6.07, 6.45) is -4.61. The van der Waals surface area contributed by atoms with Gasteiger partial charge < -0.3 is 14.8 Å². The maximum atomic E-state index is 12.4. The van der Waals surface area contributed by atoms with Crippen molar-refractivity contribution in [1.82, 2.24) is 5.32 Å². The summed E-state index contributed by atoms with van der Waals surface area (Å²) >= 11 is 1.50. The number of hydrogen-bond acceptors (Lipinski definition) is 5. The van der Waals surface area contributed by atoms with Crippen molar-refractivity contribution in [3.63, 3.8) is 0 Å². The molecule has 1 N–H and O–H groups in total. The molecule has 0 bridgehead atoms. The molecule has 0 aliphatic carbocycles. The average Bonchev–Trinajstić information content (AvgIpc) is 2.80. The molecular formula is C26H24F3NO4S. The Kier molecular flexibility index (Phi) is 8.81. The van der Waals surface area contributed by atoms with Crippen molar-refractivity contribution >= 4 is 23.6 Å². The minimum Gasteiger partial charge on any atom is -0.462 e. The number of esters is 1. The van der Waals surface area contributed by atoms with E-state index in [4.69, 9.17) is 9.47 Å². The van der Waals surface area contributed by atoms with Crippen LogP contribution in [0.3, 0.4) is 0 Å². The van der Waals surface area contributed by atoms with E-state index in [1.807, 2.05) is 47.8 Å². The second kappa shape index (κ2) is 11.8. The lowest BCUT2D eigenvalue weighted by Gasteiger charge is -2.15. The van der Waals surface area contributed by atoms with Crippen molar-refractivity contribution in [3.05, 3.63) is 83.9 Å². The molecule has 0 unspecified atom stereocenters. The molecule has 0 saturated carbocycles. The molecule has 0 heterocycles. The van der Waals surface area contributed by atoms with Gasteiger partial charge in [0.15, 0.2) is 0 Å².